The van der Waals surface area contributed by atoms with Crippen LogP contribution in [0.5, 0.6) is 11.5 Å². The third kappa shape index (κ3) is 4.20. The number of thiophene rings is 1. The quantitative estimate of drug-likeness (QED) is 0.394. The Labute approximate surface area is 180 Å². The van der Waals surface area contributed by atoms with Gasteiger partial charge in [-0.2, -0.15) is 0 Å². The van der Waals surface area contributed by atoms with Gasteiger partial charge in [0.05, 0.1) is 31.4 Å². The molecule has 1 saturated heterocycles. The Hall–Kier alpha value is -2.84. The second-order valence-electron chi connectivity index (χ2n) is 7.23. The summed E-state index contributed by atoms with van der Waals surface area (Å²) in [7, 11) is 6.92. The van der Waals surface area contributed by atoms with E-state index in [9.17, 15) is 14.7 Å². The molecule has 7 nitrogen and oxygen atoms in total. The van der Waals surface area contributed by atoms with Gasteiger partial charge in [0.2, 0.25) is 0 Å². The number of rotatable bonds is 8. The van der Waals surface area contributed by atoms with Crippen LogP contribution < -0.4 is 9.47 Å². The predicted octanol–water partition coefficient (Wildman–Crippen LogP) is 3.14. The fourth-order valence-electron chi connectivity index (χ4n) is 3.55. The fourth-order valence-corrected chi connectivity index (χ4v) is 4.40. The lowest BCUT2D eigenvalue weighted by atomic mass is 9.99. The Kier molecular flexibility index (Phi) is 6.79. The summed E-state index contributed by atoms with van der Waals surface area (Å²) in [5, 5.41) is 13.0. The summed E-state index contributed by atoms with van der Waals surface area (Å²) in [6.07, 6.45) is 0.716. The molecule has 2 aromatic rings. The first-order chi connectivity index (χ1) is 14.4. The smallest absolute Gasteiger partial charge is 0.295 e. The van der Waals surface area contributed by atoms with Crippen LogP contribution in [0.1, 0.15) is 22.9 Å². The van der Waals surface area contributed by atoms with Crippen LogP contribution in [0.4, 0.5) is 0 Å². The summed E-state index contributed by atoms with van der Waals surface area (Å²) in [4.78, 5) is 30.2. The van der Waals surface area contributed by atoms with E-state index in [4.69, 9.17) is 9.47 Å². The normalized spacial score (nSPS) is 18.3. The van der Waals surface area contributed by atoms with E-state index < -0.39 is 17.7 Å². The summed E-state index contributed by atoms with van der Waals surface area (Å²) in [5.41, 5.74) is 0.418. The molecule has 0 spiro atoms. The van der Waals surface area contributed by atoms with Crippen molar-refractivity contribution in [1.29, 1.82) is 0 Å². The monoisotopic (exact) mass is 430 g/mol. The molecule has 0 aliphatic carbocycles. The van der Waals surface area contributed by atoms with Crippen LogP contribution in [-0.4, -0.2) is 68.0 Å². The van der Waals surface area contributed by atoms with Crippen LogP contribution >= 0.6 is 11.3 Å². The van der Waals surface area contributed by atoms with Crippen molar-refractivity contribution in [2.45, 2.75) is 12.5 Å². The van der Waals surface area contributed by atoms with Gasteiger partial charge in [0.1, 0.15) is 17.3 Å². The summed E-state index contributed by atoms with van der Waals surface area (Å²) >= 11 is 1.45. The number of ketones is 1. The molecule has 0 unspecified atom stereocenters. The van der Waals surface area contributed by atoms with Crippen molar-refractivity contribution in [3.63, 3.8) is 0 Å². The minimum absolute atomic E-state index is 0.0794. The highest BCUT2D eigenvalue weighted by atomic mass is 32.1. The number of amides is 1. The molecule has 1 aliphatic heterocycles. The SMILES string of the molecule is COc1ccc(/C(O)=C2\C(=O)C(=O)N(CCCN(C)C)[C@@H]2c2cccs2)c(OC)c1. The minimum Gasteiger partial charge on any atom is -0.507 e. The number of nitrogens with zero attached hydrogens (tertiary/aromatic N) is 2. The molecule has 1 atom stereocenters. The average molecular weight is 431 g/mol. The topological polar surface area (TPSA) is 79.3 Å². The van der Waals surface area contributed by atoms with Gasteiger partial charge in [-0.1, -0.05) is 6.07 Å². The van der Waals surface area contributed by atoms with Crippen LogP contribution in [0.3, 0.4) is 0 Å². The highest BCUT2D eigenvalue weighted by Gasteiger charge is 2.46. The van der Waals surface area contributed by atoms with Gasteiger partial charge < -0.3 is 24.4 Å². The molecule has 1 aromatic heterocycles. The Bertz CT molecular complexity index is 952. The number of hydrogen-bond donors (Lipinski definition) is 1. The van der Waals surface area contributed by atoms with E-state index in [1.165, 1.54) is 25.6 Å². The fraction of sp³-hybridized carbons (Fsp3) is 0.364. The van der Waals surface area contributed by atoms with E-state index in [0.717, 1.165) is 11.4 Å². The first-order valence-corrected chi connectivity index (χ1v) is 10.5. The van der Waals surface area contributed by atoms with E-state index in [-0.39, 0.29) is 11.3 Å². The maximum absolute atomic E-state index is 13.0. The molecule has 3 rings (SSSR count). The Morgan fingerprint density at radius 2 is 1.97 bits per heavy atom. The number of benzene rings is 1. The van der Waals surface area contributed by atoms with Gasteiger partial charge in [0.25, 0.3) is 11.7 Å². The zero-order chi connectivity index (χ0) is 21.8. The summed E-state index contributed by atoms with van der Waals surface area (Å²) in [6, 6.07) is 8.04. The standard InChI is InChI=1S/C22H26N2O5S/c1-23(2)10-6-11-24-19(17-7-5-12-30-17)18(21(26)22(24)27)20(25)15-9-8-14(28-3)13-16(15)29-4/h5,7-9,12-13,19,25H,6,10-11H2,1-4H3/b20-18+/t19-/m1/s1. The Balaban J connectivity index is 2.09. The molecule has 2 heterocycles. The molecule has 1 amide bonds. The average Bonchev–Trinajstić information content (AvgIpc) is 3.35. The van der Waals surface area contributed by atoms with E-state index >= 15 is 0 Å². The van der Waals surface area contributed by atoms with Crippen molar-refractivity contribution < 1.29 is 24.2 Å². The molecule has 1 aliphatic rings. The molecule has 0 saturated carbocycles. The largest absolute Gasteiger partial charge is 0.507 e. The van der Waals surface area contributed by atoms with Crippen molar-refractivity contribution in [2.24, 2.45) is 0 Å². The number of methoxy groups -OCH3 is 2. The number of aliphatic hydroxyl groups excluding tert-OH is 1. The highest BCUT2D eigenvalue weighted by molar-refractivity contribution is 7.10. The van der Waals surface area contributed by atoms with E-state index in [0.29, 0.717) is 30.0 Å². The third-order valence-electron chi connectivity index (χ3n) is 5.02. The van der Waals surface area contributed by atoms with Crippen molar-refractivity contribution in [3.05, 3.63) is 51.7 Å². The van der Waals surface area contributed by atoms with Crippen molar-refractivity contribution in [1.82, 2.24) is 9.80 Å². The van der Waals surface area contributed by atoms with Gasteiger partial charge in [-0.25, -0.2) is 0 Å². The number of likely N-dealkylation sites (tertiary alicyclic amines) is 1. The number of ether oxygens (including phenoxy) is 2. The van der Waals surface area contributed by atoms with Crippen LogP contribution in [0.15, 0.2) is 41.3 Å². The zero-order valence-corrected chi connectivity index (χ0v) is 18.4. The van der Waals surface area contributed by atoms with Crippen molar-refractivity contribution in [2.75, 3.05) is 41.4 Å². The van der Waals surface area contributed by atoms with Crippen LogP contribution in [0.25, 0.3) is 5.76 Å². The molecular formula is C22H26N2O5S. The predicted molar refractivity (Wildman–Crippen MR) is 116 cm³/mol. The van der Waals surface area contributed by atoms with E-state index in [2.05, 4.69) is 0 Å². The van der Waals surface area contributed by atoms with E-state index in [1.807, 2.05) is 36.5 Å². The molecule has 0 bridgehead atoms. The molecule has 160 valence electrons. The summed E-state index contributed by atoms with van der Waals surface area (Å²) in [6.45, 7) is 1.20. The maximum atomic E-state index is 13.0. The van der Waals surface area contributed by atoms with Gasteiger partial charge in [-0.15, -0.1) is 11.3 Å². The third-order valence-corrected chi connectivity index (χ3v) is 5.95. The van der Waals surface area contributed by atoms with Crippen molar-refractivity contribution >= 4 is 28.8 Å². The second kappa shape index (κ2) is 9.32. The molecule has 8 heteroatoms. The zero-order valence-electron chi connectivity index (χ0n) is 17.5. The number of carbonyl (C=O) groups is 2. The number of Topliss-reactive ketones (excluding diaryl/α,β-unsaturated/α-hetero) is 1. The van der Waals surface area contributed by atoms with Crippen LogP contribution in [0.2, 0.25) is 0 Å². The Morgan fingerprint density at radius 1 is 1.20 bits per heavy atom. The Morgan fingerprint density at radius 3 is 2.57 bits per heavy atom. The van der Waals surface area contributed by atoms with Gasteiger partial charge in [0, 0.05) is 17.5 Å². The molecule has 1 aromatic carbocycles. The molecule has 1 fully saturated rings. The minimum atomic E-state index is -0.686. The molecule has 1 N–H and O–H groups in total. The lowest BCUT2D eigenvalue weighted by molar-refractivity contribution is -0.139. The van der Waals surface area contributed by atoms with Gasteiger partial charge in [-0.05, 0) is 50.6 Å². The molecular weight excluding hydrogens is 404 g/mol. The van der Waals surface area contributed by atoms with Crippen LogP contribution in [0, 0.1) is 0 Å². The highest BCUT2D eigenvalue weighted by Crippen LogP contribution is 2.42. The van der Waals surface area contributed by atoms with Crippen LogP contribution in [-0.2, 0) is 9.59 Å². The first kappa shape index (κ1) is 21.9. The lowest BCUT2D eigenvalue weighted by Gasteiger charge is -2.24. The number of hydrogen-bond acceptors (Lipinski definition) is 7. The second-order valence-corrected chi connectivity index (χ2v) is 8.21. The first-order valence-electron chi connectivity index (χ1n) is 9.58. The molecule has 30 heavy (non-hydrogen) atoms. The number of carbonyl (C=O) groups excluding carboxylic acids is 2. The lowest BCUT2D eigenvalue weighted by Crippen LogP contribution is -2.32. The molecule has 0 radical (unpaired) electrons. The summed E-state index contributed by atoms with van der Waals surface area (Å²) < 4.78 is 10.6. The summed E-state index contributed by atoms with van der Waals surface area (Å²) in [5.74, 6) is -0.617. The van der Waals surface area contributed by atoms with Gasteiger partial charge in [0.15, 0.2) is 0 Å². The van der Waals surface area contributed by atoms with Gasteiger partial charge in [-0.3, -0.25) is 9.59 Å². The maximum Gasteiger partial charge on any atom is 0.295 e. The van der Waals surface area contributed by atoms with Gasteiger partial charge >= 0.3 is 0 Å². The van der Waals surface area contributed by atoms with E-state index in [1.54, 1.807) is 23.1 Å². The number of aliphatic hydroxyl groups is 1. The van der Waals surface area contributed by atoms with Crippen molar-refractivity contribution in [3.8, 4) is 11.5 Å².